The normalized spacial score (nSPS) is 10.7. The molecule has 0 atom stereocenters. The van der Waals surface area contributed by atoms with Gasteiger partial charge in [-0.15, -0.1) is 0 Å². The molecule has 0 saturated carbocycles. The Morgan fingerprint density at radius 2 is 1.57 bits per heavy atom. The van der Waals surface area contributed by atoms with Crippen LogP contribution in [-0.2, 0) is 19.7 Å². The van der Waals surface area contributed by atoms with Crippen molar-refractivity contribution in [3.05, 3.63) is 93.5 Å². The molecule has 0 aromatic heterocycles. The van der Waals surface area contributed by atoms with E-state index in [1.54, 1.807) is 0 Å². The van der Waals surface area contributed by atoms with Gasteiger partial charge >= 0.3 is 0 Å². The van der Waals surface area contributed by atoms with Gasteiger partial charge in [-0.2, -0.15) is 0 Å². The summed E-state index contributed by atoms with van der Waals surface area (Å²) < 4.78 is 12.9. The number of nitrogens with one attached hydrogen (secondary N) is 1. The molecular weight excluding hydrogens is 414 g/mol. The highest BCUT2D eigenvalue weighted by Gasteiger charge is 2.11. The molecule has 0 spiro atoms. The molecule has 3 nitrogen and oxygen atoms in total. The van der Waals surface area contributed by atoms with Crippen LogP contribution in [0.3, 0.4) is 0 Å². The quantitative estimate of drug-likeness (QED) is 0.441. The van der Waals surface area contributed by atoms with Crippen molar-refractivity contribution in [2.24, 2.45) is 0 Å². The summed E-state index contributed by atoms with van der Waals surface area (Å²) in [5.74, 6) is 1.52. The summed E-state index contributed by atoms with van der Waals surface area (Å²) in [6.07, 6.45) is 0. The third-order valence-corrected chi connectivity index (χ3v) is 5.12. The standard InChI is InChI=1S/C24H26BrNO2/c1-3-27-23-13-21(16-26-15-19-9-5-4-6-10-19)22(25)14-24(23)28-17-20-11-7-8-18(2)12-20/h4-14,26H,3,15-17H2,1-2H3. The number of hydrogen-bond acceptors (Lipinski definition) is 3. The summed E-state index contributed by atoms with van der Waals surface area (Å²) in [7, 11) is 0. The number of rotatable bonds is 9. The van der Waals surface area contributed by atoms with Gasteiger partial charge in [0.05, 0.1) is 6.61 Å². The topological polar surface area (TPSA) is 30.5 Å². The van der Waals surface area contributed by atoms with E-state index >= 15 is 0 Å². The first-order valence-corrected chi connectivity index (χ1v) is 10.3. The van der Waals surface area contributed by atoms with Crippen LogP contribution >= 0.6 is 15.9 Å². The van der Waals surface area contributed by atoms with Crippen LogP contribution in [0.1, 0.15) is 29.2 Å². The molecule has 0 aliphatic heterocycles. The predicted octanol–water partition coefficient (Wildman–Crippen LogP) is 6.03. The highest BCUT2D eigenvalue weighted by Crippen LogP contribution is 2.34. The van der Waals surface area contributed by atoms with E-state index in [9.17, 15) is 0 Å². The van der Waals surface area contributed by atoms with E-state index in [0.717, 1.165) is 40.2 Å². The first kappa shape index (κ1) is 20.4. The van der Waals surface area contributed by atoms with Crippen LogP contribution in [0.2, 0.25) is 0 Å². The highest BCUT2D eigenvalue weighted by atomic mass is 79.9. The van der Waals surface area contributed by atoms with Crippen molar-refractivity contribution in [3.8, 4) is 11.5 Å². The van der Waals surface area contributed by atoms with Crippen LogP contribution in [0.15, 0.2) is 71.2 Å². The van der Waals surface area contributed by atoms with E-state index in [1.165, 1.54) is 11.1 Å². The Morgan fingerprint density at radius 3 is 2.32 bits per heavy atom. The molecule has 3 rings (SSSR count). The molecular formula is C24H26BrNO2. The molecule has 3 aromatic rings. The maximum Gasteiger partial charge on any atom is 0.162 e. The molecule has 3 aromatic carbocycles. The van der Waals surface area contributed by atoms with E-state index in [-0.39, 0.29) is 0 Å². The molecule has 4 heteroatoms. The maximum absolute atomic E-state index is 6.06. The smallest absolute Gasteiger partial charge is 0.162 e. The number of halogens is 1. The van der Waals surface area contributed by atoms with Gasteiger partial charge in [-0.3, -0.25) is 0 Å². The van der Waals surface area contributed by atoms with Crippen molar-refractivity contribution in [3.63, 3.8) is 0 Å². The van der Waals surface area contributed by atoms with Gasteiger partial charge in [-0.1, -0.05) is 76.1 Å². The van der Waals surface area contributed by atoms with Crippen LogP contribution in [0.5, 0.6) is 11.5 Å². The number of benzene rings is 3. The maximum atomic E-state index is 6.06. The van der Waals surface area contributed by atoms with E-state index in [1.807, 2.05) is 19.1 Å². The molecule has 0 bridgehead atoms. The molecule has 0 amide bonds. The van der Waals surface area contributed by atoms with Crippen LogP contribution in [0.25, 0.3) is 0 Å². The largest absolute Gasteiger partial charge is 0.490 e. The summed E-state index contributed by atoms with van der Waals surface area (Å²) in [6, 6.07) is 22.8. The Kier molecular flexibility index (Phi) is 7.52. The molecule has 0 saturated heterocycles. The second-order valence-electron chi connectivity index (χ2n) is 6.69. The molecule has 0 fully saturated rings. The van der Waals surface area contributed by atoms with E-state index in [4.69, 9.17) is 9.47 Å². The second-order valence-corrected chi connectivity index (χ2v) is 7.54. The Morgan fingerprint density at radius 1 is 0.821 bits per heavy atom. The minimum absolute atomic E-state index is 0.514. The summed E-state index contributed by atoms with van der Waals surface area (Å²) in [4.78, 5) is 0. The van der Waals surface area contributed by atoms with Crippen LogP contribution in [0, 0.1) is 6.92 Å². The van der Waals surface area contributed by atoms with Crippen molar-refractivity contribution in [2.45, 2.75) is 33.5 Å². The van der Waals surface area contributed by atoms with Gasteiger partial charge < -0.3 is 14.8 Å². The zero-order chi connectivity index (χ0) is 19.8. The summed E-state index contributed by atoms with van der Waals surface area (Å²) in [6.45, 7) is 6.75. The lowest BCUT2D eigenvalue weighted by atomic mass is 10.1. The monoisotopic (exact) mass is 439 g/mol. The zero-order valence-corrected chi connectivity index (χ0v) is 18.0. The van der Waals surface area contributed by atoms with Crippen molar-refractivity contribution < 1.29 is 9.47 Å². The molecule has 0 aliphatic carbocycles. The third kappa shape index (κ3) is 5.85. The van der Waals surface area contributed by atoms with Crippen molar-refractivity contribution >= 4 is 15.9 Å². The zero-order valence-electron chi connectivity index (χ0n) is 16.4. The van der Waals surface area contributed by atoms with Gasteiger partial charge in [0.2, 0.25) is 0 Å². The Labute approximate surface area is 175 Å². The Bertz CT molecular complexity index is 896. The van der Waals surface area contributed by atoms with Crippen molar-refractivity contribution in [2.75, 3.05) is 6.61 Å². The first-order chi connectivity index (χ1) is 13.7. The van der Waals surface area contributed by atoms with Gasteiger partial charge in [0, 0.05) is 17.6 Å². The van der Waals surface area contributed by atoms with E-state index in [0.29, 0.717) is 13.2 Å². The lowest BCUT2D eigenvalue weighted by Gasteiger charge is -2.16. The fraction of sp³-hybridized carbons (Fsp3) is 0.250. The van der Waals surface area contributed by atoms with Gasteiger partial charge in [0.25, 0.3) is 0 Å². The Balaban J connectivity index is 1.68. The Hall–Kier alpha value is -2.30. The summed E-state index contributed by atoms with van der Waals surface area (Å²) in [5, 5.41) is 3.49. The van der Waals surface area contributed by atoms with Crippen LogP contribution in [-0.4, -0.2) is 6.61 Å². The predicted molar refractivity (Wildman–Crippen MR) is 118 cm³/mol. The molecule has 0 unspecified atom stereocenters. The van der Waals surface area contributed by atoms with Crippen LogP contribution < -0.4 is 14.8 Å². The lowest BCUT2D eigenvalue weighted by molar-refractivity contribution is 0.268. The first-order valence-electron chi connectivity index (χ1n) is 9.54. The summed E-state index contributed by atoms with van der Waals surface area (Å²) >= 11 is 3.68. The van der Waals surface area contributed by atoms with E-state index < -0.39 is 0 Å². The average Bonchev–Trinajstić information content (AvgIpc) is 2.70. The molecule has 0 heterocycles. The lowest BCUT2D eigenvalue weighted by Crippen LogP contribution is -2.13. The van der Waals surface area contributed by atoms with Crippen molar-refractivity contribution in [1.29, 1.82) is 0 Å². The second kappa shape index (κ2) is 10.3. The molecule has 0 aliphatic rings. The van der Waals surface area contributed by atoms with Gasteiger partial charge in [-0.05, 0) is 42.7 Å². The average molecular weight is 440 g/mol. The van der Waals surface area contributed by atoms with Gasteiger partial charge in [-0.25, -0.2) is 0 Å². The van der Waals surface area contributed by atoms with Crippen LogP contribution in [0.4, 0.5) is 0 Å². The number of hydrogen-bond donors (Lipinski definition) is 1. The van der Waals surface area contributed by atoms with E-state index in [2.05, 4.69) is 82.8 Å². The fourth-order valence-electron chi connectivity index (χ4n) is 2.99. The highest BCUT2D eigenvalue weighted by molar-refractivity contribution is 9.10. The third-order valence-electron chi connectivity index (χ3n) is 4.38. The summed E-state index contributed by atoms with van der Waals surface area (Å²) in [5.41, 5.74) is 4.78. The van der Waals surface area contributed by atoms with Gasteiger partial charge in [0.1, 0.15) is 6.61 Å². The fourth-order valence-corrected chi connectivity index (χ4v) is 3.46. The minimum atomic E-state index is 0.514. The molecule has 28 heavy (non-hydrogen) atoms. The minimum Gasteiger partial charge on any atom is -0.490 e. The molecule has 1 N–H and O–H groups in total. The number of ether oxygens (including phenoxy) is 2. The number of aryl methyl sites for hydroxylation is 1. The SMILES string of the molecule is CCOc1cc(CNCc2ccccc2)c(Br)cc1OCc1cccc(C)c1. The molecule has 0 radical (unpaired) electrons. The molecule has 146 valence electrons. The van der Waals surface area contributed by atoms with Crippen molar-refractivity contribution in [1.82, 2.24) is 5.32 Å². The van der Waals surface area contributed by atoms with Gasteiger partial charge in [0.15, 0.2) is 11.5 Å².